The van der Waals surface area contributed by atoms with E-state index in [1.807, 2.05) is 29.2 Å². The molecule has 0 N–H and O–H groups in total. The average molecular weight is 339 g/mol. The molecular weight excluding hydrogens is 314 g/mol. The first-order chi connectivity index (χ1) is 12.2. The van der Waals surface area contributed by atoms with Gasteiger partial charge >= 0.3 is 0 Å². The predicted octanol–water partition coefficient (Wildman–Crippen LogP) is 2.62. The van der Waals surface area contributed by atoms with Crippen molar-refractivity contribution >= 4 is 11.7 Å². The van der Waals surface area contributed by atoms with Crippen LogP contribution in [0.25, 0.3) is 11.3 Å². The molecule has 0 atom stereocenters. The van der Waals surface area contributed by atoms with Crippen LogP contribution >= 0.6 is 0 Å². The van der Waals surface area contributed by atoms with Crippen molar-refractivity contribution < 1.29 is 4.79 Å². The van der Waals surface area contributed by atoms with Gasteiger partial charge in [-0.1, -0.05) is 13.8 Å². The molecule has 1 aliphatic heterocycles. The van der Waals surface area contributed by atoms with Gasteiger partial charge in [-0.15, -0.1) is 10.2 Å². The van der Waals surface area contributed by atoms with E-state index >= 15 is 0 Å². The van der Waals surface area contributed by atoms with Gasteiger partial charge in [-0.2, -0.15) is 0 Å². The minimum absolute atomic E-state index is 0.158. The fourth-order valence-corrected chi connectivity index (χ4v) is 3.21. The lowest BCUT2D eigenvalue weighted by molar-refractivity contribution is -0.136. The van der Waals surface area contributed by atoms with Crippen molar-refractivity contribution in [2.75, 3.05) is 31.1 Å². The first-order valence-electron chi connectivity index (χ1n) is 9.00. The van der Waals surface area contributed by atoms with E-state index < -0.39 is 0 Å². The SMILES string of the molecule is CCC(CC)C(=O)N1CCN(c2ccc(-c3cccnc3)nn2)CC1. The average Bonchev–Trinajstić information content (AvgIpc) is 2.70. The minimum atomic E-state index is 0.158. The Morgan fingerprint density at radius 1 is 1.08 bits per heavy atom. The summed E-state index contributed by atoms with van der Waals surface area (Å²) >= 11 is 0. The number of carbonyl (C=O) groups is 1. The topological polar surface area (TPSA) is 62.2 Å². The van der Waals surface area contributed by atoms with Gasteiger partial charge in [-0.25, -0.2) is 0 Å². The van der Waals surface area contributed by atoms with Crippen LogP contribution in [0.4, 0.5) is 5.82 Å². The number of hydrogen-bond acceptors (Lipinski definition) is 5. The van der Waals surface area contributed by atoms with Crippen LogP contribution in [-0.4, -0.2) is 52.2 Å². The van der Waals surface area contributed by atoms with Gasteiger partial charge in [-0.05, 0) is 37.1 Å². The molecule has 6 nitrogen and oxygen atoms in total. The van der Waals surface area contributed by atoms with Gasteiger partial charge in [0.25, 0.3) is 0 Å². The van der Waals surface area contributed by atoms with Crippen molar-refractivity contribution in [1.29, 1.82) is 0 Å². The van der Waals surface area contributed by atoms with E-state index in [-0.39, 0.29) is 5.92 Å². The highest BCUT2D eigenvalue weighted by atomic mass is 16.2. The zero-order chi connectivity index (χ0) is 17.6. The lowest BCUT2D eigenvalue weighted by atomic mass is 10.0. The Balaban J connectivity index is 1.61. The molecule has 0 aromatic carbocycles. The van der Waals surface area contributed by atoms with Crippen molar-refractivity contribution in [1.82, 2.24) is 20.1 Å². The summed E-state index contributed by atoms with van der Waals surface area (Å²) < 4.78 is 0. The summed E-state index contributed by atoms with van der Waals surface area (Å²) in [5, 5.41) is 8.68. The molecule has 0 radical (unpaired) electrons. The van der Waals surface area contributed by atoms with Crippen molar-refractivity contribution in [2.45, 2.75) is 26.7 Å². The van der Waals surface area contributed by atoms with Crippen LogP contribution < -0.4 is 4.90 Å². The van der Waals surface area contributed by atoms with Crippen LogP contribution in [0.15, 0.2) is 36.7 Å². The summed E-state index contributed by atoms with van der Waals surface area (Å²) in [5.41, 5.74) is 1.78. The number of rotatable bonds is 5. The maximum atomic E-state index is 12.5. The summed E-state index contributed by atoms with van der Waals surface area (Å²) in [6.07, 6.45) is 5.35. The summed E-state index contributed by atoms with van der Waals surface area (Å²) in [7, 11) is 0. The third kappa shape index (κ3) is 3.95. The highest BCUT2D eigenvalue weighted by molar-refractivity contribution is 5.79. The molecule has 1 fully saturated rings. The second kappa shape index (κ2) is 8.05. The number of nitrogens with zero attached hydrogens (tertiary/aromatic N) is 5. The molecule has 1 saturated heterocycles. The first-order valence-corrected chi connectivity index (χ1v) is 9.00. The number of hydrogen-bond donors (Lipinski definition) is 0. The fourth-order valence-electron chi connectivity index (χ4n) is 3.21. The molecule has 132 valence electrons. The molecule has 6 heteroatoms. The molecule has 0 saturated carbocycles. The number of carbonyl (C=O) groups excluding carboxylic acids is 1. The molecular formula is C19H25N5O. The Kier molecular flexibility index (Phi) is 5.58. The first kappa shape index (κ1) is 17.3. The van der Waals surface area contributed by atoms with Crippen LogP contribution in [-0.2, 0) is 4.79 Å². The molecule has 1 amide bonds. The van der Waals surface area contributed by atoms with Gasteiger partial charge < -0.3 is 9.80 Å². The Morgan fingerprint density at radius 3 is 2.40 bits per heavy atom. The molecule has 3 rings (SSSR count). The smallest absolute Gasteiger partial charge is 0.225 e. The third-order valence-corrected chi connectivity index (χ3v) is 4.86. The maximum absolute atomic E-state index is 12.5. The van der Waals surface area contributed by atoms with Gasteiger partial charge in [0, 0.05) is 50.1 Å². The molecule has 0 spiro atoms. The molecule has 3 heterocycles. The maximum Gasteiger partial charge on any atom is 0.225 e. The minimum Gasteiger partial charge on any atom is -0.352 e. The largest absolute Gasteiger partial charge is 0.352 e. The monoisotopic (exact) mass is 339 g/mol. The summed E-state index contributed by atoms with van der Waals surface area (Å²) in [4.78, 5) is 20.8. The Hall–Kier alpha value is -2.50. The summed E-state index contributed by atoms with van der Waals surface area (Å²) in [6, 6.07) is 7.83. The zero-order valence-corrected chi connectivity index (χ0v) is 14.9. The fraction of sp³-hybridized carbons (Fsp3) is 0.474. The standard InChI is InChI=1S/C19H25N5O/c1-3-15(4-2)19(25)24-12-10-23(11-13-24)18-8-7-17(21-22-18)16-6-5-9-20-14-16/h5-9,14-15H,3-4,10-13H2,1-2H3. The predicted molar refractivity (Wildman–Crippen MR) is 98.1 cm³/mol. The van der Waals surface area contributed by atoms with Gasteiger partial charge in [-0.3, -0.25) is 9.78 Å². The van der Waals surface area contributed by atoms with E-state index in [2.05, 4.69) is 33.9 Å². The Morgan fingerprint density at radius 2 is 1.84 bits per heavy atom. The van der Waals surface area contributed by atoms with Gasteiger partial charge in [0.05, 0.1) is 5.69 Å². The molecule has 0 unspecified atom stereocenters. The van der Waals surface area contributed by atoms with Gasteiger partial charge in [0.15, 0.2) is 5.82 Å². The Labute approximate surface area is 148 Å². The zero-order valence-electron chi connectivity index (χ0n) is 14.9. The quantitative estimate of drug-likeness (QED) is 0.838. The van der Waals surface area contributed by atoms with E-state index in [4.69, 9.17) is 0 Å². The van der Waals surface area contributed by atoms with E-state index in [9.17, 15) is 4.79 Å². The van der Waals surface area contributed by atoms with Crippen LogP contribution in [0.3, 0.4) is 0 Å². The van der Waals surface area contributed by atoms with E-state index in [0.29, 0.717) is 5.91 Å². The molecule has 2 aromatic heterocycles. The van der Waals surface area contributed by atoms with Crippen LogP contribution in [0.5, 0.6) is 0 Å². The van der Waals surface area contributed by atoms with E-state index in [0.717, 1.165) is 56.1 Å². The normalized spacial score (nSPS) is 14.8. The highest BCUT2D eigenvalue weighted by Gasteiger charge is 2.26. The van der Waals surface area contributed by atoms with Crippen molar-refractivity contribution in [2.24, 2.45) is 5.92 Å². The number of anilines is 1. The summed E-state index contributed by atoms with van der Waals surface area (Å²) in [6.45, 7) is 7.27. The lowest BCUT2D eigenvalue weighted by Gasteiger charge is -2.36. The molecule has 25 heavy (non-hydrogen) atoms. The number of pyridine rings is 1. The number of aromatic nitrogens is 3. The molecule has 1 aliphatic rings. The number of piperazine rings is 1. The van der Waals surface area contributed by atoms with Gasteiger partial charge in [0.1, 0.15) is 0 Å². The number of amides is 1. The van der Waals surface area contributed by atoms with Crippen LogP contribution in [0, 0.1) is 5.92 Å². The third-order valence-electron chi connectivity index (χ3n) is 4.86. The van der Waals surface area contributed by atoms with Crippen molar-refractivity contribution in [3.63, 3.8) is 0 Å². The van der Waals surface area contributed by atoms with Gasteiger partial charge in [0.2, 0.25) is 5.91 Å². The summed E-state index contributed by atoms with van der Waals surface area (Å²) in [5.74, 6) is 1.31. The van der Waals surface area contributed by atoms with Crippen molar-refractivity contribution in [3.8, 4) is 11.3 Å². The van der Waals surface area contributed by atoms with Crippen molar-refractivity contribution in [3.05, 3.63) is 36.7 Å². The Bertz CT molecular complexity index is 677. The highest BCUT2D eigenvalue weighted by Crippen LogP contribution is 2.19. The van der Waals surface area contributed by atoms with Crippen LogP contribution in [0.2, 0.25) is 0 Å². The second-order valence-corrected chi connectivity index (χ2v) is 6.34. The van der Waals surface area contributed by atoms with E-state index in [1.54, 1.807) is 12.4 Å². The second-order valence-electron chi connectivity index (χ2n) is 6.34. The van der Waals surface area contributed by atoms with E-state index in [1.165, 1.54) is 0 Å². The van der Waals surface area contributed by atoms with Crippen LogP contribution in [0.1, 0.15) is 26.7 Å². The molecule has 0 bridgehead atoms. The molecule has 2 aromatic rings. The lowest BCUT2D eigenvalue weighted by Crippen LogP contribution is -2.50. The molecule has 0 aliphatic carbocycles.